The van der Waals surface area contributed by atoms with Crippen molar-refractivity contribution >= 4 is 0 Å². The van der Waals surface area contributed by atoms with Gasteiger partial charge >= 0.3 is 0 Å². The highest BCUT2D eigenvalue weighted by Gasteiger charge is 2.25. The summed E-state index contributed by atoms with van der Waals surface area (Å²) in [6, 6.07) is 13.4. The Labute approximate surface area is 124 Å². The summed E-state index contributed by atoms with van der Waals surface area (Å²) < 4.78 is 18.8. The molecule has 2 N–H and O–H groups in total. The molecule has 2 atom stereocenters. The zero-order valence-corrected chi connectivity index (χ0v) is 12.2. The molecular weight excluding hydrogens is 265 g/mol. The summed E-state index contributed by atoms with van der Waals surface area (Å²) in [7, 11) is 1.47. The predicted octanol–water partition coefficient (Wildman–Crippen LogP) is 3.64. The van der Waals surface area contributed by atoms with Crippen LogP contribution in [0.5, 0.6) is 5.75 Å². The first-order valence-electron chi connectivity index (χ1n) is 7.35. The summed E-state index contributed by atoms with van der Waals surface area (Å²) in [5.74, 6) is 0.272. The van der Waals surface area contributed by atoms with Gasteiger partial charge in [0.15, 0.2) is 11.6 Å². The van der Waals surface area contributed by atoms with E-state index in [0.29, 0.717) is 5.92 Å². The first kappa shape index (κ1) is 14.1. The van der Waals surface area contributed by atoms with Gasteiger partial charge < -0.3 is 10.5 Å². The number of ether oxygens (including phenoxy) is 1. The van der Waals surface area contributed by atoms with Gasteiger partial charge in [-0.25, -0.2) is 4.39 Å². The van der Waals surface area contributed by atoms with Crippen LogP contribution in [-0.4, -0.2) is 7.11 Å². The van der Waals surface area contributed by atoms with Crippen molar-refractivity contribution in [3.63, 3.8) is 0 Å². The zero-order chi connectivity index (χ0) is 14.8. The van der Waals surface area contributed by atoms with Crippen LogP contribution in [0.15, 0.2) is 42.5 Å². The van der Waals surface area contributed by atoms with Crippen LogP contribution in [0.4, 0.5) is 4.39 Å². The van der Waals surface area contributed by atoms with Gasteiger partial charge in [-0.15, -0.1) is 0 Å². The van der Waals surface area contributed by atoms with E-state index in [-0.39, 0.29) is 17.6 Å². The van der Waals surface area contributed by atoms with E-state index < -0.39 is 0 Å². The fourth-order valence-corrected chi connectivity index (χ4v) is 3.19. The predicted molar refractivity (Wildman–Crippen MR) is 81.8 cm³/mol. The van der Waals surface area contributed by atoms with E-state index in [9.17, 15) is 4.39 Å². The summed E-state index contributed by atoms with van der Waals surface area (Å²) in [4.78, 5) is 0. The molecule has 0 heterocycles. The van der Waals surface area contributed by atoms with Crippen LogP contribution in [0.25, 0.3) is 0 Å². The first-order chi connectivity index (χ1) is 10.2. The molecule has 0 spiro atoms. The smallest absolute Gasteiger partial charge is 0.165 e. The maximum Gasteiger partial charge on any atom is 0.165 e. The van der Waals surface area contributed by atoms with E-state index in [4.69, 9.17) is 10.5 Å². The van der Waals surface area contributed by atoms with Crippen molar-refractivity contribution in [1.82, 2.24) is 0 Å². The fourth-order valence-electron chi connectivity index (χ4n) is 3.19. The second-order valence-corrected chi connectivity index (χ2v) is 5.69. The molecule has 110 valence electrons. The molecule has 3 rings (SSSR count). The number of fused-ring (bicyclic) bond motifs is 1. The van der Waals surface area contributed by atoms with Gasteiger partial charge in [0.2, 0.25) is 0 Å². The number of aryl methyl sites for hydroxylation is 1. The van der Waals surface area contributed by atoms with Gasteiger partial charge in [0, 0.05) is 6.04 Å². The Kier molecular flexibility index (Phi) is 3.93. The molecule has 2 aromatic rings. The Morgan fingerprint density at radius 3 is 2.67 bits per heavy atom. The quantitative estimate of drug-likeness (QED) is 0.934. The molecule has 0 amide bonds. The molecule has 0 aliphatic heterocycles. The lowest BCUT2D eigenvalue weighted by Gasteiger charge is -2.29. The van der Waals surface area contributed by atoms with Crippen molar-refractivity contribution in [3.05, 3.63) is 65.0 Å². The lowest BCUT2D eigenvalue weighted by molar-refractivity contribution is 0.373. The molecule has 0 radical (unpaired) electrons. The van der Waals surface area contributed by atoms with Gasteiger partial charge in [0.05, 0.1) is 7.11 Å². The van der Waals surface area contributed by atoms with Crippen LogP contribution < -0.4 is 10.5 Å². The second kappa shape index (κ2) is 5.86. The van der Waals surface area contributed by atoms with Gasteiger partial charge in [-0.05, 0) is 54.0 Å². The van der Waals surface area contributed by atoms with Gasteiger partial charge in [0.25, 0.3) is 0 Å². The highest BCUT2D eigenvalue weighted by atomic mass is 19.1. The highest BCUT2D eigenvalue weighted by Crippen LogP contribution is 2.33. The van der Waals surface area contributed by atoms with Crippen molar-refractivity contribution in [1.29, 1.82) is 0 Å². The third-order valence-corrected chi connectivity index (χ3v) is 4.45. The number of hydrogen-bond donors (Lipinski definition) is 1. The molecule has 2 unspecified atom stereocenters. The first-order valence-corrected chi connectivity index (χ1v) is 7.35. The minimum atomic E-state index is -0.346. The van der Waals surface area contributed by atoms with Crippen LogP contribution in [0.2, 0.25) is 0 Å². The Hall–Kier alpha value is -1.87. The minimum Gasteiger partial charge on any atom is -0.494 e. The van der Waals surface area contributed by atoms with Crippen molar-refractivity contribution in [2.24, 2.45) is 11.7 Å². The average Bonchev–Trinajstić information content (AvgIpc) is 2.53. The SMILES string of the molecule is COc1ccc(C(N)C2CCc3ccccc3C2)cc1F. The molecule has 3 heteroatoms. The number of halogens is 1. The van der Waals surface area contributed by atoms with Gasteiger partial charge in [0.1, 0.15) is 0 Å². The van der Waals surface area contributed by atoms with Gasteiger partial charge in [-0.1, -0.05) is 30.3 Å². The molecule has 1 aliphatic rings. The Morgan fingerprint density at radius 1 is 1.19 bits per heavy atom. The van der Waals surface area contributed by atoms with Crippen LogP contribution in [-0.2, 0) is 12.8 Å². The molecule has 0 aromatic heterocycles. The summed E-state index contributed by atoms with van der Waals surface area (Å²) in [5.41, 5.74) is 10.0. The van der Waals surface area contributed by atoms with E-state index in [2.05, 4.69) is 24.3 Å². The van der Waals surface area contributed by atoms with Crippen molar-refractivity contribution < 1.29 is 9.13 Å². The summed E-state index contributed by atoms with van der Waals surface area (Å²) >= 11 is 0. The third-order valence-electron chi connectivity index (χ3n) is 4.45. The number of nitrogens with two attached hydrogens (primary N) is 1. The second-order valence-electron chi connectivity index (χ2n) is 5.69. The highest BCUT2D eigenvalue weighted by molar-refractivity contribution is 5.33. The molecule has 0 saturated heterocycles. The van der Waals surface area contributed by atoms with E-state index in [0.717, 1.165) is 24.8 Å². The Bertz CT molecular complexity index is 641. The van der Waals surface area contributed by atoms with Crippen molar-refractivity contribution in [2.75, 3.05) is 7.11 Å². The van der Waals surface area contributed by atoms with Crippen LogP contribution >= 0.6 is 0 Å². The monoisotopic (exact) mass is 285 g/mol. The lowest BCUT2D eigenvalue weighted by Crippen LogP contribution is -2.27. The molecule has 2 aromatic carbocycles. The average molecular weight is 285 g/mol. The van der Waals surface area contributed by atoms with Gasteiger partial charge in [-0.2, -0.15) is 0 Å². The van der Waals surface area contributed by atoms with Crippen LogP contribution in [0.3, 0.4) is 0 Å². The maximum atomic E-state index is 13.8. The van der Waals surface area contributed by atoms with E-state index in [1.807, 2.05) is 6.07 Å². The van der Waals surface area contributed by atoms with Crippen molar-refractivity contribution in [3.8, 4) is 5.75 Å². The van der Waals surface area contributed by atoms with Crippen LogP contribution in [0.1, 0.15) is 29.2 Å². The molecule has 2 nitrogen and oxygen atoms in total. The van der Waals surface area contributed by atoms with E-state index in [1.165, 1.54) is 24.3 Å². The lowest BCUT2D eigenvalue weighted by atomic mass is 9.78. The molecule has 1 aliphatic carbocycles. The third kappa shape index (κ3) is 2.79. The van der Waals surface area contributed by atoms with E-state index in [1.54, 1.807) is 6.07 Å². The minimum absolute atomic E-state index is 0.140. The molecule has 21 heavy (non-hydrogen) atoms. The zero-order valence-electron chi connectivity index (χ0n) is 12.2. The summed E-state index contributed by atoms with van der Waals surface area (Å²) in [6.07, 6.45) is 3.06. The molecule has 0 fully saturated rings. The number of hydrogen-bond acceptors (Lipinski definition) is 2. The van der Waals surface area contributed by atoms with E-state index >= 15 is 0 Å². The summed E-state index contributed by atoms with van der Waals surface area (Å²) in [6.45, 7) is 0. The molecular formula is C18H20FNO. The normalized spacial score (nSPS) is 18.9. The van der Waals surface area contributed by atoms with Gasteiger partial charge in [-0.3, -0.25) is 0 Å². The fraction of sp³-hybridized carbons (Fsp3) is 0.333. The number of rotatable bonds is 3. The van der Waals surface area contributed by atoms with Crippen molar-refractivity contribution in [2.45, 2.75) is 25.3 Å². The number of benzene rings is 2. The Balaban J connectivity index is 1.80. The maximum absolute atomic E-state index is 13.8. The summed E-state index contributed by atoms with van der Waals surface area (Å²) in [5, 5.41) is 0. The Morgan fingerprint density at radius 2 is 1.95 bits per heavy atom. The largest absolute Gasteiger partial charge is 0.494 e. The van der Waals surface area contributed by atoms with Crippen LogP contribution in [0, 0.1) is 11.7 Å². The standard InChI is InChI=1S/C18H20FNO/c1-21-17-9-8-15(11-16(17)19)18(20)14-7-6-12-4-2-3-5-13(12)10-14/h2-5,8-9,11,14,18H,6-7,10,20H2,1H3. The molecule has 0 bridgehead atoms. The number of methoxy groups -OCH3 is 1. The molecule has 0 saturated carbocycles. The topological polar surface area (TPSA) is 35.2 Å².